The molecule has 5 nitrogen and oxygen atoms in total. The third kappa shape index (κ3) is 1.93. The molecule has 0 radical (unpaired) electrons. The largest absolute Gasteiger partial charge is 0.330 e. The van der Waals surface area contributed by atoms with Crippen LogP contribution in [0.1, 0.15) is 54.4 Å². The van der Waals surface area contributed by atoms with Crippen LogP contribution in [0.3, 0.4) is 0 Å². The topological polar surface area (TPSA) is 66.5 Å². The standard InChI is InChI=1S/C16H26N2O3/c1-7-16(8-2)11(19)17-13(21)18(12(16)20)9-10-14(3,4)15(10,5)6/h10H,7-9H2,1-6H3,(H,17,19,21). The zero-order chi connectivity index (χ0) is 16.2. The average molecular weight is 294 g/mol. The van der Waals surface area contributed by atoms with Crippen LogP contribution in [0, 0.1) is 22.2 Å². The lowest BCUT2D eigenvalue weighted by Crippen LogP contribution is -2.64. The number of nitrogens with zero attached hydrogens (tertiary/aromatic N) is 1. The first kappa shape index (κ1) is 16.0. The van der Waals surface area contributed by atoms with Crippen LogP contribution in [0.4, 0.5) is 4.79 Å². The molecule has 118 valence electrons. The van der Waals surface area contributed by atoms with Gasteiger partial charge in [0.2, 0.25) is 11.8 Å². The molecule has 0 aromatic rings. The van der Waals surface area contributed by atoms with Gasteiger partial charge in [0.25, 0.3) is 0 Å². The van der Waals surface area contributed by atoms with Gasteiger partial charge in [0.05, 0.1) is 0 Å². The molecule has 1 aliphatic heterocycles. The van der Waals surface area contributed by atoms with Crippen molar-refractivity contribution in [3.63, 3.8) is 0 Å². The zero-order valence-electron chi connectivity index (χ0n) is 13.9. The summed E-state index contributed by atoms with van der Waals surface area (Å²) in [6.45, 7) is 12.6. The maximum absolute atomic E-state index is 12.8. The van der Waals surface area contributed by atoms with E-state index in [4.69, 9.17) is 0 Å². The summed E-state index contributed by atoms with van der Waals surface area (Å²) >= 11 is 0. The van der Waals surface area contributed by atoms with E-state index in [1.165, 1.54) is 4.90 Å². The smallest absolute Gasteiger partial charge is 0.277 e. The van der Waals surface area contributed by atoms with Crippen molar-refractivity contribution in [2.75, 3.05) is 6.54 Å². The number of carbonyl (C=O) groups excluding carboxylic acids is 3. The highest BCUT2D eigenvalue weighted by Crippen LogP contribution is 2.68. The Bertz CT molecular complexity index is 490. The van der Waals surface area contributed by atoms with Crippen LogP contribution in [0.25, 0.3) is 0 Å². The van der Waals surface area contributed by atoms with E-state index in [1.54, 1.807) is 0 Å². The molecule has 5 heteroatoms. The summed E-state index contributed by atoms with van der Waals surface area (Å²) in [7, 11) is 0. The number of hydrogen-bond donors (Lipinski definition) is 1. The van der Waals surface area contributed by atoms with Crippen LogP contribution >= 0.6 is 0 Å². The minimum atomic E-state index is -1.09. The molecule has 2 aliphatic rings. The number of amides is 4. The highest BCUT2D eigenvalue weighted by atomic mass is 16.2. The highest BCUT2D eigenvalue weighted by Gasteiger charge is 2.66. The van der Waals surface area contributed by atoms with Gasteiger partial charge in [-0.05, 0) is 29.6 Å². The Morgan fingerprint density at radius 1 is 1.00 bits per heavy atom. The third-order valence-electron chi connectivity index (χ3n) is 6.45. The molecule has 0 atom stereocenters. The molecule has 2 rings (SSSR count). The summed E-state index contributed by atoms with van der Waals surface area (Å²) in [5.74, 6) is -0.521. The summed E-state index contributed by atoms with van der Waals surface area (Å²) in [5.41, 5.74) is -0.900. The first-order valence-electron chi connectivity index (χ1n) is 7.73. The Balaban J connectivity index is 2.26. The van der Waals surface area contributed by atoms with Crippen LogP contribution in [-0.2, 0) is 9.59 Å². The Kier molecular flexibility index (Phi) is 3.47. The Hall–Kier alpha value is -1.39. The first-order chi connectivity index (χ1) is 9.56. The van der Waals surface area contributed by atoms with Crippen LogP contribution in [-0.4, -0.2) is 29.3 Å². The SMILES string of the molecule is CCC1(CC)C(=O)NC(=O)N(CC2C(C)(C)C2(C)C)C1=O. The molecular formula is C16H26N2O3. The minimum absolute atomic E-state index is 0.0934. The predicted molar refractivity (Wildman–Crippen MR) is 79.3 cm³/mol. The predicted octanol–water partition coefficient (Wildman–Crippen LogP) is 2.55. The van der Waals surface area contributed by atoms with Crippen molar-refractivity contribution in [2.24, 2.45) is 22.2 Å². The van der Waals surface area contributed by atoms with E-state index in [0.29, 0.717) is 19.4 Å². The molecule has 0 spiro atoms. The molecular weight excluding hydrogens is 268 g/mol. The summed E-state index contributed by atoms with van der Waals surface area (Å²) in [4.78, 5) is 38.2. The second-order valence-corrected chi connectivity index (χ2v) is 7.46. The van der Waals surface area contributed by atoms with Gasteiger partial charge in [0.15, 0.2) is 0 Å². The van der Waals surface area contributed by atoms with E-state index in [9.17, 15) is 14.4 Å². The van der Waals surface area contributed by atoms with Crippen molar-refractivity contribution in [1.82, 2.24) is 10.2 Å². The van der Waals surface area contributed by atoms with Gasteiger partial charge in [-0.2, -0.15) is 0 Å². The molecule has 1 saturated heterocycles. The van der Waals surface area contributed by atoms with Crippen molar-refractivity contribution in [3.8, 4) is 0 Å². The van der Waals surface area contributed by atoms with Crippen molar-refractivity contribution in [3.05, 3.63) is 0 Å². The fourth-order valence-electron chi connectivity index (χ4n) is 3.74. The molecule has 0 bridgehead atoms. The van der Waals surface area contributed by atoms with Crippen molar-refractivity contribution in [1.29, 1.82) is 0 Å². The second kappa shape index (κ2) is 4.55. The molecule has 0 unspecified atom stereocenters. The van der Waals surface area contributed by atoms with Gasteiger partial charge in [-0.15, -0.1) is 0 Å². The van der Waals surface area contributed by atoms with Gasteiger partial charge >= 0.3 is 6.03 Å². The van der Waals surface area contributed by atoms with E-state index >= 15 is 0 Å². The van der Waals surface area contributed by atoms with E-state index in [1.807, 2.05) is 13.8 Å². The highest BCUT2D eigenvalue weighted by molar-refractivity contribution is 6.19. The van der Waals surface area contributed by atoms with Gasteiger partial charge in [0, 0.05) is 6.54 Å². The zero-order valence-corrected chi connectivity index (χ0v) is 13.9. The molecule has 1 saturated carbocycles. The van der Waals surface area contributed by atoms with Crippen LogP contribution in [0.5, 0.6) is 0 Å². The second-order valence-electron chi connectivity index (χ2n) is 7.46. The molecule has 0 aromatic carbocycles. The normalized spacial score (nSPS) is 26.8. The molecule has 21 heavy (non-hydrogen) atoms. The molecule has 2 fully saturated rings. The van der Waals surface area contributed by atoms with E-state index in [-0.39, 0.29) is 22.7 Å². The number of carbonyl (C=O) groups is 3. The van der Waals surface area contributed by atoms with Gasteiger partial charge < -0.3 is 0 Å². The van der Waals surface area contributed by atoms with Crippen molar-refractivity contribution >= 4 is 17.8 Å². The maximum atomic E-state index is 12.8. The number of nitrogens with one attached hydrogen (secondary N) is 1. The fourth-order valence-corrected chi connectivity index (χ4v) is 3.74. The van der Waals surface area contributed by atoms with Crippen molar-refractivity contribution in [2.45, 2.75) is 54.4 Å². The summed E-state index contributed by atoms with van der Waals surface area (Å²) in [5, 5.41) is 2.37. The van der Waals surface area contributed by atoms with Gasteiger partial charge in [-0.3, -0.25) is 19.8 Å². The number of hydrogen-bond acceptors (Lipinski definition) is 3. The lowest BCUT2D eigenvalue weighted by Gasteiger charge is -2.38. The molecule has 1 N–H and O–H groups in total. The molecule has 0 aromatic heterocycles. The number of urea groups is 1. The summed E-state index contributed by atoms with van der Waals surface area (Å²) in [6.07, 6.45) is 0.824. The lowest BCUT2D eigenvalue weighted by atomic mass is 9.78. The number of imide groups is 2. The third-order valence-corrected chi connectivity index (χ3v) is 6.45. The van der Waals surface area contributed by atoms with E-state index < -0.39 is 17.4 Å². The monoisotopic (exact) mass is 294 g/mol. The van der Waals surface area contributed by atoms with Crippen LogP contribution in [0.2, 0.25) is 0 Å². The van der Waals surface area contributed by atoms with Gasteiger partial charge in [0.1, 0.15) is 5.41 Å². The summed E-state index contributed by atoms with van der Waals surface area (Å²) in [6, 6.07) is -0.568. The average Bonchev–Trinajstić information content (AvgIpc) is 2.77. The summed E-state index contributed by atoms with van der Waals surface area (Å²) < 4.78 is 0. The van der Waals surface area contributed by atoms with Crippen LogP contribution in [0.15, 0.2) is 0 Å². The van der Waals surface area contributed by atoms with Crippen molar-refractivity contribution < 1.29 is 14.4 Å². The Labute approximate surface area is 126 Å². The molecule has 1 aliphatic carbocycles. The van der Waals surface area contributed by atoms with E-state index in [2.05, 4.69) is 33.0 Å². The quantitative estimate of drug-likeness (QED) is 0.810. The number of barbiturate groups is 1. The fraction of sp³-hybridized carbons (Fsp3) is 0.812. The Morgan fingerprint density at radius 2 is 1.48 bits per heavy atom. The molecule has 4 amide bonds. The van der Waals surface area contributed by atoms with Crippen LogP contribution < -0.4 is 5.32 Å². The maximum Gasteiger partial charge on any atom is 0.330 e. The number of rotatable bonds is 4. The lowest BCUT2D eigenvalue weighted by molar-refractivity contribution is -0.152. The Morgan fingerprint density at radius 3 is 1.86 bits per heavy atom. The first-order valence-corrected chi connectivity index (χ1v) is 7.73. The van der Waals surface area contributed by atoms with E-state index in [0.717, 1.165) is 0 Å². The minimum Gasteiger partial charge on any atom is -0.277 e. The van der Waals surface area contributed by atoms with Gasteiger partial charge in [-0.1, -0.05) is 41.5 Å². The van der Waals surface area contributed by atoms with Gasteiger partial charge in [-0.25, -0.2) is 4.79 Å². The molecule has 1 heterocycles.